The van der Waals surface area contributed by atoms with Crippen LogP contribution >= 0.6 is 0 Å². The van der Waals surface area contributed by atoms with Crippen molar-refractivity contribution in [2.75, 3.05) is 0 Å². The van der Waals surface area contributed by atoms with Crippen LogP contribution in [0, 0.1) is 11.3 Å². The van der Waals surface area contributed by atoms with Crippen LogP contribution in [0.4, 0.5) is 0 Å². The number of hydrogen-bond donors (Lipinski definition) is 0. The molecule has 0 unspecified atom stereocenters. The highest BCUT2D eigenvalue weighted by Gasteiger charge is 1.99. The van der Waals surface area contributed by atoms with Crippen LogP contribution in [-0.2, 0) is 11.2 Å². The summed E-state index contributed by atoms with van der Waals surface area (Å²) >= 11 is 0. The van der Waals surface area contributed by atoms with Crippen molar-refractivity contribution in [2.45, 2.75) is 6.42 Å². The Morgan fingerprint density at radius 2 is 1.58 bits per heavy atom. The van der Waals surface area contributed by atoms with E-state index in [-0.39, 0.29) is 6.42 Å². The van der Waals surface area contributed by atoms with Gasteiger partial charge in [-0.05, 0) is 42.0 Å². The zero-order chi connectivity index (χ0) is 13.7. The highest BCUT2D eigenvalue weighted by molar-refractivity contribution is 5.67. The van der Waals surface area contributed by atoms with Gasteiger partial charge in [0.2, 0.25) is 0 Å². The Bertz CT molecular complexity index is 609. The number of aliphatic carboxylic acids is 1. The van der Waals surface area contributed by atoms with Gasteiger partial charge in [0.05, 0.1) is 11.6 Å². The van der Waals surface area contributed by atoms with Crippen LogP contribution in [0.2, 0.25) is 0 Å². The van der Waals surface area contributed by atoms with Crippen molar-refractivity contribution in [3.8, 4) is 17.6 Å². The predicted molar refractivity (Wildman–Crippen MR) is 66.4 cm³/mol. The Labute approximate surface area is 110 Å². The topological polar surface area (TPSA) is 73.1 Å². The van der Waals surface area contributed by atoms with E-state index in [1.54, 1.807) is 48.5 Å². The van der Waals surface area contributed by atoms with Gasteiger partial charge in [-0.3, -0.25) is 0 Å². The third kappa shape index (κ3) is 3.58. The second kappa shape index (κ2) is 5.69. The van der Waals surface area contributed by atoms with E-state index in [0.717, 1.165) is 0 Å². The molecule has 0 fully saturated rings. The quantitative estimate of drug-likeness (QED) is 0.829. The molecule has 0 spiro atoms. The summed E-state index contributed by atoms with van der Waals surface area (Å²) in [5, 5.41) is 19.1. The van der Waals surface area contributed by atoms with Crippen molar-refractivity contribution in [1.29, 1.82) is 5.26 Å². The van der Waals surface area contributed by atoms with Crippen LogP contribution in [-0.4, -0.2) is 5.97 Å². The molecule has 4 heteroatoms. The van der Waals surface area contributed by atoms with Crippen LogP contribution < -0.4 is 9.84 Å². The molecule has 0 aliphatic rings. The van der Waals surface area contributed by atoms with Gasteiger partial charge >= 0.3 is 0 Å². The largest absolute Gasteiger partial charge is 0.550 e. The minimum atomic E-state index is -1.11. The van der Waals surface area contributed by atoms with Gasteiger partial charge in [0.1, 0.15) is 11.5 Å². The Balaban J connectivity index is 2.06. The van der Waals surface area contributed by atoms with Gasteiger partial charge in [-0.1, -0.05) is 12.1 Å². The average Bonchev–Trinajstić information content (AvgIpc) is 2.41. The number of carboxylic acids is 1. The maximum Gasteiger partial charge on any atom is 0.127 e. The third-order valence-electron chi connectivity index (χ3n) is 2.49. The van der Waals surface area contributed by atoms with Gasteiger partial charge in [-0.25, -0.2) is 0 Å². The van der Waals surface area contributed by atoms with E-state index >= 15 is 0 Å². The molecule has 0 saturated carbocycles. The first-order chi connectivity index (χ1) is 9.17. The average molecular weight is 252 g/mol. The molecule has 0 N–H and O–H groups in total. The molecule has 0 atom stereocenters. The van der Waals surface area contributed by atoms with Crippen LogP contribution in [0.5, 0.6) is 11.5 Å². The molecule has 2 aromatic rings. The number of carboxylic acid groups (broad SMARTS) is 1. The highest BCUT2D eigenvalue weighted by atomic mass is 16.5. The number of carbonyl (C=O) groups is 1. The van der Waals surface area contributed by atoms with Gasteiger partial charge in [-0.2, -0.15) is 5.26 Å². The fraction of sp³-hybridized carbons (Fsp3) is 0.0667. The van der Waals surface area contributed by atoms with Crippen molar-refractivity contribution < 1.29 is 14.6 Å². The summed E-state index contributed by atoms with van der Waals surface area (Å²) in [6.45, 7) is 0. The lowest BCUT2D eigenvalue weighted by Gasteiger charge is -2.07. The molecule has 94 valence electrons. The van der Waals surface area contributed by atoms with E-state index in [4.69, 9.17) is 10.00 Å². The first-order valence-electron chi connectivity index (χ1n) is 5.64. The zero-order valence-corrected chi connectivity index (χ0v) is 10.00. The standard InChI is InChI=1S/C15H11NO3/c16-10-12-3-7-14(8-4-12)19-13-5-1-11(2-6-13)9-15(17)18/h1-8H,9H2,(H,17,18)/p-1. The summed E-state index contributed by atoms with van der Waals surface area (Å²) in [7, 11) is 0. The van der Waals surface area contributed by atoms with E-state index in [1.165, 1.54) is 0 Å². The van der Waals surface area contributed by atoms with Crippen molar-refractivity contribution >= 4 is 5.97 Å². The number of carbonyl (C=O) groups excluding carboxylic acids is 1. The second-order valence-corrected chi connectivity index (χ2v) is 3.93. The smallest absolute Gasteiger partial charge is 0.127 e. The third-order valence-corrected chi connectivity index (χ3v) is 2.49. The lowest BCUT2D eigenvalue weighted by Crippen LogP contribution is -2.24. The molecule has 19 heavy (non-hydrogen) atoms. The minimum Gasteiger partial charge on any atom is -0.550 e. The number of ether oxygens (including phenoxy) is 1. The highest BCUT2D eigenvalue weighted by Crippen LogP contribution is 2.22. The molecule has 0 heterocycles. The number of benzene rings is 2. The maximum absolute atomic E-state index is 10.4. The van der Waals surface area contributed by atoms with Gasteiger partial charge in [0.15, 0.2) is 0 Å². The fourth-order valence-electron chi connectivity index (χ4n) is 1.58. The lowest BCUT2D eigenvalue weighted by molar-refractivity contribution is -0.304. The normalized spacial score (nSPS) is 9.63. The Kier molecular flexibility index (Phi) is 3.79. The van der Waals surface area contributed by atoms with Gasteiger partial charge in [0.25, 0.3) is 0 Å². The predicted octanol–water partition coefficient (Wildman–Crippen LogP) is 1.64. The fourth-order valence-corrected chi connectivity index (χ4v) is 1.58. The van der Waals surface area contributed by atoms with Gasteiger partial charge in [0, 0.05) is 12.4 Å². The molecular weight excluding hydrogens is 242 g/mol. The minimum absolute atomic E-state index is 0.114. The molecular formula is C15H10NO3-. The molecule has 2 aromatic carbocycles. The van der Waals surface area contributed by atoms with Crippen molar-refractivity contribution in [3.63, 3.8) is 0 Å². The van der Waals surface area contributed by atoms with Crippen molar-refractivity contribution in [1.82, 2.24) is 0 Å². The molecule has 0 bridgehead atoms. The number of rotatable bonds is 4. The number of nitrogens with zero attached hydrogens (tertiary/aromatic N) is 1. The van der Waals surface area contributed by atoms with E-state index in [9.17, 15) is 9.90 Å². The van der Waals surface area contributed by atoms with Gasteiger partial charge in [-0.15, -0.1) is 0 Å². The number of hydrogen-bond acceptors (Lipinski definition) is 4. The molecule has 0 aliphatic heterocycles. The van der Waals surface area contributed by atoms with Crippen LogP contribution in [0.25, 0.3) is 0 Å². The molecule has 4 nitrogen and oxygen atoms in total. The van der Waals surface area contributed by atoms with E-state index in [2.05, 4.69) is 0 Å². The van der Waals surface area contributed by atoms with E-state index in [1.807, 2.05) is 6.07 Å². The number of nitriles is 1. The molecule has 0 amide bonds. The van der Waals surface area contributed by atoms with Crippen LogP contribution in [0.3, 0.4) is 0 Å². The summed E-state index contributed by atoms with van der Waals surface area (Å²) in [5.74, 6) is 0.110. The SMILES string of the molecule is N#Cc1ccc(Oc2ccc(CC(=O)[O-])cc2)cc1. The van der Waals surface area contributed by atoms with Crippen molar-refractivity contribution in [2.24, 2.45) is 0 Å². The summed E-state index contributed by atoms with van der Waals surface area (Å²) < 4.78 is 5.57. The van der Waals surface area contributed by atoms with Crippen LogP contribution in [0.15, 0.2) is 48.5 Å². The molecule has 0 aliphatic carbocycles. The Morgan fingerprint density at radius 1 is 1.05 bits per heavy atom. The molecule has 0 aromatic heterocycles. The lowest BCUT2D eigenvalue weighted by atomic mass is 10.1. The summed E-state index contributed by atoms with van der Waals surface area (Å²) in [6, 6.07) is 15.5. The molecule has 0 saturated heterocycles. The van der Waals surface area contributed by atoms with E-state index in [0.29, 0.717) is 22.6 Å². The Morgan fingerprint density at radius 3 is 2.05 bits per heavy atom. The maximum atomic E-state index is 10.4. The Hall–Kier alpha value is -2.80. The summed E-state index contributed by atoms with van der Waals surface area (Å²) in [4.78, 5) is 10.4. The van der Waals surface area contributed by atoms with E-state index < -0.39 is 5.97 Å². The molecule has 0 radical (unpaired) electrons. The summed E-state index contributed by atoms with van der Waals surface area (Å²) in [6.07, 6.45) is -0.114. The summed E-state index contributed by atoms with van der Waals surface area (Å²) in [5.41, 5.74) is 1.23. The monoisotopic (exact) mass is 252 g/mol. The van der Waals surface area contributed by atoms with Gasteiger partial charge < -0.3 is 14.6 Å². The zero-order valence-electron chi connectivity index (χ0n) is 10.00. The first kappa shape index (κ1) is 12.7. The van der Waals surface area contributed by atoms with Crippen molar-refractivity contribution in [3.05, 3.63) is 59.7 Å². The van der Waals surface area contributed by atoms with Crippen LogP contribution in [0.1, 0.15) is 11.1 Å². The first-order valence-corrected chi connectivity index (χ1v) is 5.64. The molecule has 2 rings (SSSR count). The second-order valence-electron chi connectivity index (χ2n) is 3.93.